The molecule has 0 aliphatic rings. The molecule has 0 saturated heterocycles. The lowest BCUT2D eigenvalue weighted by molar-refractivity contribution is 0.415. The van der Waals surface area contributed by atoms with Crippen molar-refractivity contribution in [1.29, 1.82) is 0 Å². The van der Waals surface area contributed by atoms with E-state index in [0.29, 0.717) is 11.7 Å². The molecule has 1 heterocycles. The first-order valence-electron chi connectivity index (χ1n) is 6.12. The summed E-state index contributed by atoms with van der Waals surface area (Å²) in [5.74, 6) is 1.77. The Morgan fingerprint density at radius 2 is 2.05 bits per heavy atom. The molecule has 19 heavy (non-hydrogen) atoms. The van der Waals surface area contributed by atoms with E-state index in [9.17, 15) is 0 Å². The Labute approximate surface area is 121 Å². The van der Waals surface area contributed by atoms with Crippen LogP contribution < -0.4 is 10.5 Å². The van der Waals surface area contributed by atoms with Gasteiger partial charge in [0.2, 0.25) is 0 Å². The zero-order chi connectivity index (χ0) is 14.2. The fourth-order valence-corrected chi connectivity index (χ4v) is 2.62. The summed E-state index contributed by atoms with van der Waals surface area (Å²) in [6.45, 7) is 4.32. The first kappa shape index (κ1) is 13.9. The lowest BCUT2D eigenvalue weighted by Crippen LogP contribution is -1.98. The summed E-state index contributed by atoms with van der Waals surface area (Å²) in [6.07, 6.45) is 0. The molecule has 0 bridgehead atoms. The summed E-state index contributed by atoms with van der Waals surface area (Å²) in [7, 11) is 3.54. The molecule has 0 amide bonds. The molecule has 102 valence electrons. The van der Waals surface area contributed by atoms with Gasteiger partial charge < -0.3 is 10.5 Å². The predicted molar refractivity (Wildman–Crippen MR) is 81.4 cm³/mol. The quantitative estimate of drug-likeness (QED) is 0.939. The fraction of sp³-hybridized carbons (Fsp3) is 0.357. The van der Waals surface area contributed by atoms with Crippen LogP contribution in [0.3, 0.4) is 0 Å². The van der Waals surface area contributed by atoms with Crippen LogP contribution >= 0.6 is 15.9 Å². The van der Waals surface area contributed by atoms with Crippen LogP contribution in [0.1, 0.15) is 25.3 Å². The minimum absolute atomic E-state index is 0.461. The Morgan fingerprint density at radius 3 is 2.53 bits per heavy atom. The van der Waals surface area contributed by atoms with Crippen molar-refractivity contribution in [1.82, 2.24) is 9.78 Å². The van der Waals surface area contributed by atoms with Crippen LogP contribution in [0.4, 0.5) is 5.82 Å². The van der Waals surface area contributed by atoms with Gasteiger partial charge >= 0.3 is 0 Å². The van der Waals surface area contributed by atoms with E-state index in [1.54, 1.807) is 11.8 Å². The van der Waals surface area contributed by atoms with E-state index < -0.39 is 0 Å². The van der Waals surface area contributed by atoms with Gasteiger partial charge in [-0.2, -0.15) is 5.10 Å². The molecule has 0 fully saturated rings. The van der Waals surface area contributed by atoms with Gasteiger partial charge in [0.25, 0.3) is 0 Å². The highest BCUT2D eigenvalue weighted by molar-refractivity contribution is 9.10. The number of nitrogens with two attached hydrogens (primary N) is 1. The second-order valence-corrected chi connectivity index (χ2v) is 5.58. The lowest BCUT2D eigenvalue weighted by atomic mass is 10.00. The molecule has 1 aromatic heterocycles. The smallest absolute Gasteiger partial charge is 0.160 e. The number of halogens is 1. The van der Waals surface area contributed by atoms with Crippen molar-refractivity contribution in [3.8, 4) is 17.0 Å². The average Bonchev–Trinajstić information content (AvgIpc) is 2.62. The summed E-state index contributed by atoms with van der Waals surface area (Å²) >= 11 is 3.48. The summed E-state index contributed by atoms with van der Waals surface area (Å²) in [4.78, 5) is 0. The average molecular weight is 324 g/mol. The van der Waals surface area contributed by atoms with Crippen LogP contribution in [-0.2, 0) is 7.05 Å². The van der Waals surface area contributed by atoms with Crippen molar-refractivity contribution >= 4 is 21.7 Å². The maximum absolute atomic E-state index is 5.83. The first-order chi connectivity index (χ1) is 8.95. The number of hydrogen-bond donors (Lipinski definition) is 1. The van der Waals surface area contributed by atoms with Crippen LogP contribution in [0.25, 0.3) is 11.3 Å². The van der Waals surface area contributed by atoms with Crippen LogP contribution in [-0.4, -0.2) is 16.9 Å². The Bertz CT molecular complexity index is 605. The second kappa shape index (κ2) is 5.25. The fourth-order valence-electron chi connectivity index (χ4n) is 2.07. The van der Waals surface area contributed by atoms with Gasteiger partial charge in [-0.15, -0.1) is 0 Å². The number of aryl methyl sites for hydroxylation is 1. The van der Waals surface area contributed by atoms with Crippen molar-refractivity contribution in [3.63, 3.8) is 0 Å². The van der Waals surface area contributed by atoms with Crippen molar-refractivity contribution < 1.29 is 4.74 Å². The Hall–Kier alpha value is -1.49. The van der Waals surface area contributed by atoms with E-state index in [1.807, 2.05) is 7.05 Å². The summed E-state index contributed by atoms with van der Waals surface area (Å²) in [6, 6.07) is 6.23. The zero-order valence-corrected chi connectivity index (χ0v) is 13.2. The van der Waals surface area contributed by atoms with Gasteiger partial charge in [0.1, 0.15) is 5.75 Å². The molecule has 0 saturated carbocycles. The van der Waals surface area contributed by atoms with Gasteiger partial charge in [-0.05, 0) is 39.5 Å². The molecule has 0 aliphatic heterocycles. The maximum Gasteiger partial charge on any atom is 0.160 e. The number of anilines is 1. The molecule has 0 atom stereocenters. The first-order valence-corrected chi connectivity index (χ1v) is 6.91. The van der Waals surface area contributed by atoms with E-state index in [1.165, 1.54) is 5.56 Å². The highest BCUT2D eigenvalue weighted by atomic mass is 79.9. The van der Waals surface area contributed by atoms with Gasteiger partial charge in [0.05, 0.1) is 17.3 Å². The standard InChI is InChI=1S/C14H18BrN3O/c1-8(2)9-5-6-10(11(7-9)19-4)13-12(15)14(16)17-18(13)3/h5-8H,1-4H3,(H2,16,17). The topological polar surface area (TPSA) is 53.1 Å². The van der Waals surface area contributed by atoms with E-state index in [2.05, 4.69) is 53.1 Å². The molecule has 5 heteroatoms. The molecular formula is C14H18BrN3O. The van der Waals surface area contributed by atoms with Gasteiger partial charge in [-0.3, -0.25) is 4.68 Å². The van der Waals surface area contributed by atoms with Gasteiger partial charge in [-0.25, -0.2) is 0 Å². The number of ether oxygens (including phenoxy) is 1. The maximum atomic E-state index is 5.83. The van der Waals surface area contributed by atoms with E-state index in [-0.39, 0.29) is 0 Å². The molecule has 2 aromatic rings. The minimum Gasteiger partial charge on any atom is -0.496 e. The molecule has 0 spiro atoms. The molecule has 0 radical (unpaired) electrons. The highest BCUT2D eigenvalue weighted by Gasteiger charge is 2.17. The van der Waals surface area contributed by atoms with Crippen LogP contribution in [0.15, 0.2) is 22.7 Å². The monoisotopic (exact) mass is 323 g/mol. The molecule has 0 aliphatic carbocycles. The third-order valence-electron chi connectivity index (χ3n) is 3.16. The predicted octanol–water partition coefficient (Wildman–Crippen LogP) is 3.56. The third kappa shape index (κ3) is 2.47. The van der Waals surface area contributed by atoms with Crippen LogP contribution in [0.2, 0.25) is 0 Å². The van der Waals surface area contributed by atoms with Crippen molar-refractivity contribution in [2.45, 2.75) is 19.8 Å². The number of rotatable bonds is 3. The Balaban J connectivity index is 2.62. The number of hydrogen-bond acceptors (Lipinski definition) is 3. The highest BCUT2D eigenvalue weighted by Crippen LogP contribution is 2.38. The lowest BCUT2D eigenvalue weighted by Gasteiger charge is -2.13. The number of benzene rings is 1. The molecule has 1 aromatic carbocycles. The summed E-state index contributed by atoms with van der Waals surface area (Å²) < 4.78 is 8.06. The van der Waals surface area contributed by atoms with E-state index in [0.717, 1.165) is 21.5 Å². The largest absolute Gasteiger partial charge is 0.496 e. The number of methoxy groups -OCH3 is 1. The van der Waals surface area contributed by atoms with Gasteiger partial charge in [0.15, 0.2) is 5.82 Å². The third-order valence-corrected chi connectivity index (χ3v) is 3.94. The summed E-state index contributed by atoms with van der Waals surface area (Å²) in [5.41, 5.74) is 8.97. The molecule has 0 unspecified atom stereocenters. The van der Waals surface area contributed by atoms with Gasteiger partial charge in [0, 0.05) is 12.6 Å². The SMILES string of the molecule is COc1cc(C(C)C)ccc1-c1c(Br)c(N)nn1C. The number of nitrogens with zero attached hydrogens (tertiary/aromatic N) is 2. The molecular weight excluding hydrogens is 306 g/mol. The van der Waals surface area contributed by atoms with Crippen LogP contribution in [0.5, 0.6) is 5.75 Å². The molecule has 2 N–H and O–H groups in total. The van der Waals surface area contributed by atoms with Crippen molar-refractivity contribution in [3.05, 3.63) is 28.2 Å². The number of nitrogen functional groups attached to an aromatic ring is 1. The number of aromatic nitrogens is 2. The normalized spacial score (nSPS) is 11.1. The summed E-state index contributed by atoms with van der Waals surface area (Å²) in [5, 5.41) is 4.21. The van der Waals surface area contributed by atoms with E-state index >= 15 is 0 Å². The Morgan fingerprint density at radius 1 is 1.37 bits per heavy atom. The van der Waals surface area contributed by atoms with Crippen molar-refractivity contribution in [2.24, 2.45) is 7.05 Å². The minimum atomic E-state index is 0.461. The second-order valence-electron chi connectivity index (χ2n) is 4.79. The van der Waals surface area contributed by atoms with Gasteiger partial charge in [-0.1, -0.05) is 19.9 Å². The van der Waals surface area contributed by atoms with Crippen LogP contribution in [0, 0.1) is 0 Å². The Kier molecular flexibility index (Phi) is 3.85. The molecule has 4 nitrogen and oxygen atoms in total. The zero-order valence-electron chi connectivity index (χ0n) is 11.6. The van der Waals surface area contributed by atoms with E-state index in [4.69, 9.17) is 10.5 Å². The van der Waals surface area contributed by atoms with Crippen molar-refractivity contribution in [2.75, 3.05) is 12.8 Å². The molecule has 2 rings (SSSR count).